The number of aliphatic hydroxyl groups excluding tert-OH is 2. The van der Waals surface area contributed by atoms with Crippen LogP contribution in [-0.2, 0) is 31.6 Å². The molecule has 7 atom stereocenters. The summed E-state index contributed by atoms with van der Waals surface area (Å²) in [7, 11) is -16.4. The molecule has 0 amide bonds. The number of benzene rings is 1. The Kier molecular flexibility index (Phi) is 8.60. The molecule has 1 fully saturated rings. The van der Waals surface area contributed by atoms with Crippen LogP contribution in [0.25, 0.3) is 21.6 Å². The normalized spacial score (nSPS) is 25.4. The van der Waals surface area contributed by atoms with Gasteiger partial charge in [-0.3, -0.25) is 14.2 Å². The standard InChI is InChI=1S/C16H20N9O12P3/c17-14-11-15(20-6-19-14)25(7-21-11)16-13(27)12(26)10(35-16)5-34-39(30,31)37-40(32,33)36-38(28,29)23-9-3-1-8(2-4-9)22-24-18/h1-4,6-7,10,12-13,16,26-27H,5H2,(H,30,31)(H,32,33)(H2,17,19,20)(H2,23,28,29)/t10-,12-,13-,16-/m1/s1/i38+1. The van der Waals surface area contributed by atoms with Gasteiger partial charge in [0.15, 0.2) is 17.7 Å². The second-order valence-electron chi connectivity index (χ2n) is 7.89. The van der Waals surface area contributed by atoms with E-state index in [1.165, 1.54) is 35.2 Å². The van der Waals surface area contributed by atoms with Crippen LogP contribution < -0.4 is 10.8 Å². The average Bonchev–Trinajstić information content (AvgIpc) is 3.39. The van der Waals surface area contributed by atoms with E-state index >= 15 is 0 Å². The van der Waals surface area contributed by atoms with Crippen LogP contribution in [0, 0.1) is 0 Å². The van der Waals surface area contributed by atoms with E-state index in [-0.39, 0.29) is 28.4 Å². The van der Waals surface area contributed by atoms with Gasteiger partial charge in [-0.15, -0.1) is 0 Å². The molecule has 1 saturated heterocycles. The molecule has 3 heterocycles. The molecule has 4 rings (SSSR count). The van der Waals surface area contributed by atoms with Crippen LogP contribution in [-0.4, -0.2) is 69.3 Å². The van der Waals surface area contributed by atoms with Crippen LogP contribution in [0.4, 0.5) is 17.2 Å². The number of aliphatic hydroxyl groups is 2. The Morgan fingerprint density at radius 3 is 2.45 bits per heavy atom. The number of ether oxygens (including phenoxy) is 1. The number of azide groups is 1. The summed E-state index contributed by atoms with van der Waals surface area (Å²) in [6.07, 6.45) is -3.74. The zero-order valence-electron chi connectivity index (χ0n) is 19.6. The number of imidazole rings is 1. The third-order valence-electron chi connectivity index (χ3n) is 5.12. The molecular weight excluding hydrogens is 604 g/mol. The van der Waals surface area contributed by atoms with Crippen molar-refractivity contribution in [1.29, 1.82) is 0 Å². The number of phosphoric acid groups is 2. The highest BCUT2D eigenvalue weighted by atomic mass is 32.2. The van der Waals surface area contributed by atoms with Crippen molar-refractivity contribution in [3.8, 4) is 0 Å². The molecule has 1 aliphatic rings. The van der Waals surface area contributed by atoms with Crippen molar-refractivity contribution in [1.82, 2.24) is 19.5 Å². The van der Waals surface area contributed by atoms with Gasteiger partial charge in [-0.25, -0.2) is 28.6 Å². The summed E-state index contributed by atoms with van der Waals surface area (Å²) in [6.45, 7) is -0.960. The van der Waals surface area contributed by atoms with Gasteiger partial charge in [0.25, 0.3) is 0 Å². The van der Waals surface area contributed by atoms with Crippen LogP contribution in [0.2, 0.25) is 0 Å². The maximum atomic E-state index is 12.3. The minimum Gasteiger partial charge on any atom is -0.387 e. The van der Waals surface area contributed by atoms with E-state index in [0.717, 1.165) is 6.33 Å². The first kappa shape index (κ1) is 30.0. The fraction of sp³-hybridized carbons (Fsp3) is 0.312. The molecule has 1 aromatic carbocycles. The molecule has 21 nitrogen and oxygen atoms in total. The average molecular weight is 624 g/mol. The molecule has 0 saturated carbocycles. The molecule has 3 aromatic rings. The number of nitrogens with one attached hydrogen (secondary N) is 1. The van der Waals surface area contributed by atoms with Gasteiger partial charge in [0.2, 0.25) is 0 Å². The summed E-state index contributed by atoms with van der Waals surface area (Å²) in [4.78, 5) is 43.8. The Labute approximate surface area is 222 Å². The van der Waals surface area contributed by atoms with Crippen molar-refractivity contribution in [3.05, 3.63) is 47.4 Å². The van der Waals surface area contributed by atoms with Gasteiger partial charge in [0.1, 0.15) is 30.2 Å². The molecule has 216 valence electrons. The van der Waals surface area contributed by atoms with Crippen molar-refractivity contribution in [3.63, 3.8) is 0 Å². The summed E-state index contributed by atoms with van der Waals surface area (Å²) in [6, 6.07) is 4.82. The number of rotatable bonds is 11. The summed E-state index contributed by atoms with van der Waals surface area (Å²) in [5.74, 6) is 0.0385. The smallest absolute Gasteiger partial charge is 0.387 e. The second kappa shape index (κ2) is 11.5. The first-order valence-corrected chi connectivity index (χ1v) is 15.2. The van der Waals surface area contributed by atoms with E-state index in [1.807, 2.05) is 5.09 Å². The topological polar surface area (TPSA) is 320 Å². The Morgan fingerprint density at radius 1 is 1.07 bits per heavy atom. The van der Waals surface area contributed by atoms with E-state index in [4.69, 9.17) is 16.0 Å². The molecule has 0 aliphatic carbocycles. The van der Waals surface area contributed by atoms with Crippen molar-refractivity contribution in [2.24, 2.45) is 5.11 Å². The molecule has 0 bridgehead atoms. The highest BCUT2D eigenvalue weighted by Crippen LogP contribution is 2.67. The van der Waals surface area contributed by atoms with Gasteiger partial charge < -0.3 is 35.4 Å². The highest BCUT2D eigenvalue weighted by Gasteiger charge is 2.47. The number of nitrogen functional groups attached to an aromatic ring is 1. The van der Waals surface area contributed by atoms with Crippen LogP contribution in [0.3, 0.4) is 0 Å². The molecule has 8 N–H and O–H groups in total. The molecule has 2 aromatic heterocycles. The number of aromatic nitrogens is 4. The minimum atomic E-state index is -5.74. The highest BCUT2D eigenvalue weighted by molar-refractivity contribution is 7.68. The predicted molar refractivity (Wildman–Crippen MR) is 132 cm³/mol. The molecule has 0 spiro atoms. The van der Waals surface area contributed by atoms with E-state index in [0.29, 0.717) is 0 Å². The summed E-state index contributed by atoms with van der Waals surface area (Å²) in [5.41, 5.74) is 14.5. The monoisotopic (exact) mass is 624 g/mol. The first-order chi connectivity index (χ1) is 18.7. The quantitative estimate of drug-likeness (QED) is 0.0686. The number of hydrogen-bond acceptors (Lipinski definition) is 14. The molecule has 40 heavy (non-hydrogen) atoms. The Hall–Kier alpha value is -2.99. The van der Waals surface area contributed by atoms with Gasteiger partial charge in [-0.1, -0.05) is 17.2 Å². The summed E-state index contributed by atoms with van der Waals surface area (Å²) >= 11 is 0. The van der Waals surface area contributed by atoms with Gasteiger partial charge in [0.05, 0.1) is 12.9 Å². The SMILES string of the molecule is [N-]=[N+]=Nc1ccc(N[32P](=O)(O)OP(=O)(O)OP(=O)(O)OC[C@H]2O[C@@H](n3cnc4c(N)ncnc43)[C@H](O)[C@@H]2O)cc1. The number of fused-ring (bicyclic) bond motifs is 1. The van der Waals surface area contributed by atoms with Gasteiger partial charge in [0, 0.05) is 16.3 Å². The molecule has 24 heteroatoms. The van der Waals surface area contributed by atoms with E-state index in [1.54, 1.807) is 0 Å². The first-order valence-electron chi connectivity index (χ1n) is 10.6. The largest absolute Gasteiger partial charge is 0.489 e. The van der Waals surface area contributed by atoms with E-state index < -0.39 is 54.5 Å². The maximum Gasteiger partial charge on any atom is 0.489 e. The Morgan fingerprint density at radius 2 is 1.77 bits per heavy atom. The van der Waals surface area contributed by atoms with Crippen molar-refractivity contribution >= 4 is 51.7 Å². The lowest BCUT2D eigenvalue weighted by Crippen LogP contribution is -2.33. The van der Waals surface area contributed by atoms with Crippen molar-refractivity contribution < 1.29 is 56.5 Å². The minimum absolute atomic E-state index is 0.0385. The molecular formula is C16H20N9O12P3. The summed E-state index contributed by atoms with van der Waals surface area (Å²) in [5, 5.41) is 25.9. The molecule has 3 unspecified atom stereocenters. The van der Waals surface area contributed by atoms with E-state index in [9.17, 15) is 38.6 Å². The van der Waals surface area contributed by atoms with Crippen LogP contribution >= 0.6 is 23.4 Å². The summed E-state index contributed by atoms with van der Waals surface area (Å²) < 4.78 is 56.1. The lowest BCUT2D eigenvalue weighted by molar-refractivity contribution is -0.0503. The van der Waals surface area contributed by atoms with Gasteiger partial charge in [-0.2, -0.15) is 8.62 Å². The zero-order valence-corrected chi connectivity index (χ0v) is 22.3. The number of anilines is 2. The fourth-order valence-electron chi connectivity index (χ4n) is 3.47. The predicted octanol–water partition coefficient (Wildman–Crippen LogP) is 1.43. The Bertz CT molecular complexity index is 1580. The van der Waals surface area contributed by atoms with Crippen LogP contribution in [0.1, 0.15) is 6.23 Å². The third kappa shape index (κ3) is 7.01. The third-order valence-corrected chi connectivity index (χ3v) is 9.50. The molecule has 1 aliphatic heterocycles. The van der Waals surface area contributed by atoms with Gasteiger partial charge in [-0.05, 0) is 17.7 Å². The Balaban J connectivity index is 1.36. The number of phosphoric ester groups is 1. The fourth-order valence-corrected chi connectivity index (χ4v) is 7.18. The zero-order chi connectivity index (χ0) is 29.3. The van der Waals surface area contributed by atoms with Crippen LogP contribution in [0.5, 0.6) is 0 Å². The lowest BCUT2D eigenvalue weighted by atomic mass is 10.1. The maximum absolute atomic E-state index is 12.3. The lowest BCUT2D eigenvalue weighted by Gasteiger charge is -2.20. The van der Waals surface area contributed by atoms with Crippen LogP contribution in [0.15, 0.2) is 42.0 Å². The van der Waals surface area contributed by atoms with E-state index in [2.05, 4.69) is 38.1 Å². The molecule has 0 radical (unpaired) electrons. The van der Waals surface area contributed by atoms with Gasteiger partial charge >= 0.3 is 23.4 Å². The number of nitrogens with two attached hydrogens (primary N) is 1. The second-order valence-corrected chi connectivity index (χ2v) is 12.6. The van der Waals surface area contributed by atoms with Crippen molar-refractivity contribution in [2.75, 3.05) is 17.4 Å². The number of hydrogen-bond donors (Lipinski definition) is 7. The number of nitrogens with zero attached hydrogens (tertiary/aromatic N) is 7. The van der Waals surface area contributed by atoms with Crippen molar-refractivity contribution in [2.45, 2.75) is 24.5 Å².